The van der Waals surface area contributed by atoms with Gasteiger partial charge in [-0.3, -0.25) is 4.79 Å². The van der Waals surface area contributed by atoms with E-state index in [0.29, 0.717) is 29.1 Å². The summed E-state index contributed by atoms with van der Waals surface area (Å²) >= 11 is 6.90. The van der Waals surface area contributed by atoms with E-state index in [1.54, 1.807) is 12.3 Å². The second-order valence-corrected chi connectivity index (χ2v) is 9.15. The summed E-state index contributed by atoms with van der Waals surface area (Å²) in [5, 5.41) is 5.02. The number of nitrogens with zero attached hydrogens (tertiary/aromatic N) is 3. The second kappa shape index (κ2) is 8.17. The van der Waals surface area contributed by atoms with Crippen molar-refractivity contribution in [2.45, 2.75) is 33.1 Å². The molecule has 0 radical (unpaired) electrons. The van der Waals surface area contributed by atoms with Gasteiger partial charge in [0.15, 0.2) is 0 Å². The van der Waals surface area contributed by atoms with Crippen molar-refractivity contribution < 1.29 is 4.74 Å². The van der Waals surface area contributed by atoms with Crippen LogP contribution in [0.25, 0.3) is 10.9 Å². The molecule has 0 bridgehead atoms. The normalized spacial score (nSPS) is 12.1. The van der Waals surface area contributed by atoms with Crippen molar-refractivity contribution >= 4 is 49.0 Å². The zero-order valence-electron chi connectivity index (χ0n) is 16.2. The lowest BCUT2D eigenvalue weighted by Crippen LogP contribution is -2.29. The van der Waals surface area contributed by atoms with E-state index in [2.05, 4.69) is 37.0 Å². The molecular formula is C21H21Br2N3O2. The maximum atomic E-state index is 13.2. The Balaban J connectivity index is 2.22. The molecule has 0 N–H and O–H groups in total. The maximum Gasteiger partial charge on any atom is 0.282 e. The standard InChI is InChI=1S/C21H21Br2N3O2/c1-5-28-18-9-7-14(22)10-13(18)12-24-26-19(27)16-11-15(23)6-8-17(16)25-20(26)21(2,3)4/h6-12H,5H2,1-4H3. The molecule has 0 atom stereocenters. The summed E-state index contributed by atoms with van der Waals surface area (Å²) in [5.74, 6) is 1.30. The molecule has 0 spiro atoms. The summed E-state index contributed by atoms with van der Waals surface area (Å²) in [6.45, 7) is 8.50. The minimum atomic E-state index is -0.363. The summed E-state index contributed by atoms with van der Waals surface area (Å²) in [5.41, 5.74) is 0.859. The molecule has 0 saturated heterocycles. The van der Waals surface area contributed by atoms with E-state index < -0.39 is 0 Å². The van der Waals surface area contributed by atoms with Crippen molar-refractivity contribution in [2.24, 2.45) is 5.10 Å². The summed E-state index contributed by atoms with van der Waals surface area (Å²) in [7, 11) is 0. The van der Waals surface area contributed by atoms with E-state index in [-0.39, 0.29) is 11.0 Å². The first-order valence-corrected chi connectivity index (χ1v) is 10.5. The third-order valence-electron chi connectivity index (χ3n) is 4.06. The van der Waals surface area contributed by atoms with Crippen LogP contribution < -0.4 is 10.3 Å². The molecule has 28 heavy (non-hydrogen) atoms. The zero-order valence-corrected chi connectivity index (χ0v) is 19.3. The van der Waals surface area contributed by atoms with Gasteiger partial charge in [-0.2, -0.15) is 9.78 Å². The quantitative estimate of drug-likeness (QED) is 0.439. The number of hydrogen-bond donors (Lipinski definition) is 0. The third-order valence-corrected chi connectivity index (χ3v) is 5.05. The first-order chi connectivity index (χ1) is 13.2. The average molecular weight is 507 g/mol. The summed E-state index contributed by atoms with van der Waals surface area (Å²) < 4.78 is 8.78. The van der Waals surface area contributed by atoms with Crippen LogP contribution in [0.5, 0.6) is 5.75 Å². The van der Waals surface area contributed by atoms with Crippen LogP contribution in [0.4, 0.5) is 0 Å². The fourth-order valence-corrected chi connectivity index (χ4v) is 3.51. The third kappa shape index (κ3) is 4.36. The molecule has 0 aliphatic rings. The smallest absolute Gasteiger partial charge is 0.282 e. The van der Waals surface area contributed by atoms with Gasteiger partial charge in [0.05, 0.1) is 23.7 Å². The number of aromatic nitrogens is 2. The van der Waals surface area contributed by atoms with Gasteiger partial charge in [0, 0.05) is 19.9 Å². The van der Waals surface area contributed by atoms with Gasteiger partial charge in [0.1, 0.15) is 11.6 Å². The highest BCUT2D eigenvalue weighted by Crippen LogP contribution is 2.24. The van der Waals surface area contributed by atoms with Crippen LogP contribution in [0.3, 0.4) is 0 Å². The van der Waals surface area contributed by atoms with E-state index in [0.717, 1.165) is 14.5 Å². The largest absolute Gasteiger partial charge is 0.493 e. The Morgan fingerprint density at radius 3 is 2.50 bits per heavy atom. The Kier molecular flexibility index (Phi) is 6.05. The van der Waals surface area contributed by atoms with Crippen molar-refractivity contribution in [3.05, 3.63) is 67.1 Å². The predicted molar refractivity (Wildman–Crippen MR) is 121 cm³/mol. The molecule has 1 heterocycles. The SMILES string of the molecule is CCOc1ccc(Br)cc1C=Nn1c(C(C)(C)C)nc2ccc(Br)cc2c1=O. The van der Waals surface area contributed by atoms with Gasteiger partial charge >= 0.3 is 0 Å². The van der Waals surface area contributed by atoms with Crippen molar-refractivity contribution in [3.8, 4) is 5.75 Å². The number of benzene rings is 2. The van der Waals surface area contributed by atoms with E-state index in [1.165, 1.54) is 4.68 Å². The van der Waals surface area contributed by atoms with Crippen LogP contribution >= 0.6 is 31.9 Å². The first-order valence-electron chi connectivity index (χ1n) is 8.90. The Morgan fingerprint density at radius 2 is 1.82 bits per heavy atom. The molecule has 0 amide bonds. The lowest BCUT2D eigenvalue weighted by atomic mass is 9.95. The van der Waals surface area contributed by atoms with Crippen LogP contribution in [0, 0.1) is 0 Å². The molecule has 3 rings (SSSR count). The van der Waals surface area contributed by atoms with Crippen LogP contribution in [-0.2, 0) is 5.41 Å². The van der Waals surface area contributed by atoms with E-state index in [9.17, 15) is 4.79 Å². The number of hydrogen-bond acceptors (Lipinski definition) is 4. The first kappa shape index (κ1) is 20.7. The van der Waals surface area contributed by atoms with Gasteiger partial charge in [-0.1, -0.05) is 52.6 Å². The molecule has 0 saturated carbocycles. The number of halogens is 2. The highest BCUT2D eigenvalue weighted by Gasteiger charge is 2.23. The van der Waals surface area contributed by atoms with Gasteiger partial charge in [-0.15, -0.1) is 0 Å². The van der Waals surface area contributed by atoms with E-state index >= 15 is 0 Å². The molecular weight excluding hydrogens is 486 g/mol. The van der Waals surface area contributed by atoms with Crippen LogP contribution in [-0.4, -0.2) is 22.5 Å². The predicted octanol–water partition coefficient (Wildman–Crippen LogP) is 5.50. The molecule has 0 fully saturated rings. The van der Waals surface area contributed by atoms with Crippen molar-refractivity contribution in [1.29, 1.82) is 0 Å². The number of fused-ring (bicyclic) bond motifs is 1. The van der Waals surface area contributed by atoms with E-state index in [4.69, 9.17) is 9.72 Å². The zero-order chi connectivity index (χ0) is 20.5. The highest BCUT2D eigenvalue weighted by molar-refractivity contribution is 9.10. The summed E-state index contributed by atoms with van der Waals surface area (Å²) in [4.78, 5) is 17.9. The molecule has 146 valence electrons. The summed E-state index contributed by atoms with van der Waals surface area (Å²) in [6, 6.07) is 11.2. The van der Waals surface area contributed by atoms with Crippen molar-refractivity contribution in [2.75, 3.05) is 6.61 Å². The van der Waals surface area contributed by atoms with Crippen LogP contribution in [0.1, 0.15) is 39.1 Å². The van der Waals surface area contributed by atoms with Crippen LogP contribution in [0.2, 0.25) is 0 Å². The summed E-state index contributed by atoms with van der Waals surface area (Å²) in [6.07, 6.45) is 1.64. The van der Waals surface area contributed by atoms with Gasteiger partial charge in [0.2, 0.25) is 0 Å². The molecule has 7 heteroatoms. The Morgan fingerprint density at radius 1 is 1.14 bits per heavy atom. The molecule has 0 aliphatic heterocycles. The minimum absolute atomic E-state index is 0.208. The fourth-order valence-electron chi connectivity index (χ4n) is 2.77. The Hall–Kier alpha value is -1.99. The topological polar surface area (TPSA) is 56.5 Å². The second-order valence-electron chi connectivity index (χ2n) is 7.32. The Labute approximate surface area is 180 Å². The monoisotopic (exact) mass is 505 g/mol. The highest BCUT2D eigenvalue weighted by atomic mass is 79.9. The van der Waals surface area contributed by atoms with Gasteiger partial charge in [0.25, 0.3) is 5.56 Å². The fraction of sp³-hybridized carbons (Fsp3) is 0.286. The number of ether oxygens (including phenoxy) is 1. The Bertz CT molecular complexity index is 1120. The molecule has 0 aliphatic carbocycles. The van der Waals surface area contributed by atoms with Gasteiger partial charge < -0.3 is 4.74 Å². The lowest BCUT2D eigenvalue weighted by molar-refractivity contribution is 0.339. The lowest BCUT2D eigenvalue weighted by Gasteiger charge is -2.21. The van der Waals surface area contributed by atoms with E-state index in [1.807, 2.05) is 58.0 Å². The van der Waals surface area contributed by atoms with Crippen molar-refractivity contribution in [3.63, 3.8) is 0 Å². The number of rotatable bonds is 4. The molecule has 5 nitrogen and oxygen atoms in total. The molecule has 0 unspecified atom stereocenters. The molecule has 3 aromatic rings. The average Bonchev–Trinajstić information content (AvgIpc) is 2.62. The minimum Gasteiger partial charge on any atom is -0.493 e. The van der Waals surface area contributed by atoms with Gasteiger partial charge in [-0.05, 0) is 43.3 Å². The maximum absolute atomic E-state index is 13.2. The van der Waals surface area contributed by atoms with Crippen molar-refractivity contribution in [1.82, 2.24) is 9.66 Å². The van der Waals surface area contributed by atoms with Gasteiger partial charge in [-0.25, -0.2) is 4.98 Å². The van der Waals surface area contributed by atoms with Crippen LogP contribution in [0.15, 0.2) is 55.2 Å². The molecule has 1 aromatic heterocycles. The molecule has 2 aromatic carbocycles.